The maximum atomic E-state index is 11.2. The van der Waals surface area contributed by atoms with E-state index in [2.05, 4.69) is 21.2 Å². The molecule has 1 atom stereocenters. The van der Waals surface area contributed by atoms with Gasteiger partial charge in [0.15, 0.2) is 0 Å². The van der Waals surface area contributed by atoms with Gasteiger partial charge < -0.3 is 5.32 Å². The van der Waals surface area contributed by atoms with Crippen LogP contribution in [0, 0.1) is 5.41 Å². The van der Waals surface area contributed by atoms with Crippen LogP contribution in [0.4, 0.5) is 0 Å². The number of alkyl halides is 1. The Morgan fingerprint density at radius 2 is 2.00 bits per heavy atom. The van der Waals surface area contributed by atoms with Crippen molar-refractivity contribution in [3.63, 3.8) is 0 Å². The fourth-order valence-electron chi connectivity index (χ4n) is 0.499. The Balaban J connectivity index is 3.71. The lowest BCUT2D eigenvalue weighted by molar-refractivity contribution is -0.128. The van der Waals surface area contributed by atoms with Crippen LogP contribution in [0.2, 0.25) is 0 Å². The van der Waals surface area contributed by atoms with Crippen LogP contribution < -0.4 is 5.32 Å². The van der Waals surface area contributed by atoms with Gasteiger partial charge in [-0.3, -0.25) is 4.79 Å². The van der Waals surface area contributed by atoms with E-state index in [0.29, 0.717) is 11.4 Å². The molecule has 0 heterocycles. The molecule has 0 aromatic rings. The Morgan fingerprint density at radius 3 is 2.27 bits per heavy atom. The molecule has 0 rings (SSSR count). The van der Waals surface area contributed by atoms with Crippen molar-refractivity contribution in [3.8, 4) is 0 Å². The van der Waals surface area contributed by atoms with Gasteiger partial charge in [0.2, 0.25) is 5.91 Å². The van der Waals surface area contributed by atoms with Crippen molar-refractivity contribution in [1.29, 1.82) is 0 Å². The molecule has 1 unspecified atom stereocenters. The van der Waals surface area contributed by atoms with Crippen molar-refractivity contribution >= 4 is 21.8 Å². The fraction of sp³-hybridized carbons (Fsp3) is 0.875. The molecular weight excluding hydrogens is 206 g/mol. The van der Waals surface area contributed by atoms with Gasteiger partial charge in [-0.2, -0.15) is 0 Å². The van der Waals surface area contributed by atoms with E-state index in [1.807, 2.05) is 27.7 Å². The lowest BCUT2D eigenvalue weighted by Crippen LogP contribution is -2.37. The Morgan fingerprint density at radius 1 is 1.55 bits per heavy atom. The van der Waals surface area contributed by atoms with Crippen LogP contribution in [-0.4, -0.2) is 17.3 Å². The third-order valence-corrected chi connectivity index (χ3v) is 1.55. The molecule has 11 heavy (non-hydrogen) atoms. The molecule has 1 N–H and O–H groups in total. The van der Waals surface area contributed by atoms with E-state index in [-0.39, 0.29) is 11.3 Å². The molecule has 0 spiro atoms. The number of hydrogen-bond donors (Lipinski definition) is 1. The molecule has 0 aromatic carbocycles. The predicted molar refractivity (Wildman–Crippen MR) is 50.9 cm³/mol. The summed E-state index contributed by atoms with van der Waals surface area (Å²) >= 11 is 3.35. The number of carbonyl (C=O) groups excluding carboxylic acids is 1. The molecule has 0 aliphatic heterocycles. The quantitative estimate of drug-likeness (QED) is 0.710. The zero-order valence-corrected chi connectivity index (χ0v) is 9.16. The maximum Gasteiger partial charge on any atom is 0.225 e. The van der Waals surface area contributed by atoms with Crippen LogP contribution in [-0.2, 0) is 4.79 Å². The van der Waals surface area contributed by atoms with Gasteiger partial charge in [0.25, 0.3) is 0 Å². The summed E-state index contributed by atoms with van der Waals surface area (Å²) in [6, 6.07) is 0. The summed E-state index contributed by atoms with van der Waals surface area (Å²) in [6.07, 6.45) is 0. The van der Waals surface area contributed by atoms with Gasteiger partial charge >= 0.3 is 0 Å². The molecule has 0 aliphatic carbocycles. The zero-order chi connectivity index (χ0) is 9.07. The van der Waals surface area contributed by atoms with E-state index in [1.54, 1.807) is 0 Å². The number of carbonyl (C=O) groups is 1. The average Bonchev–Trinajstić information content (AvgIpc) is 1.80. The topological polar surface area (TPSA) is 29.1 Å². The molecule has 0 fully saturated rings. The second kappa shape index (κ2) is 4.10. The molecule has 0 aromatic heterocycles. The molecule has 1 amide bonds. The number of halogens is 1. The Hall–Kier alpha value is -0.0500. The first-order chi connectivity index (χ1) is 4.84. The Kier molecular flexibility index (Phi) is 4.08. The van der Waals surface area contributed by atoms with Gasteiger partial charge in [-0.1, -0.05) is 43.6 Å². The van der Waals surface area contributed by atoms with Gasteiger partial charge in [0, 0.05) is 16.8 Å². The molecular formula is C8H16BrNO. The highest BCUT2D eigenvalue weighted by molar-refractivity contribution is 9.09. The summed E-state index contributed by atoms with van der Waals surface area (Å²) in [4.78, 5) is 11.6. The van der Waals surface area contributed by atoms with E-state index in [9.17, 15) is 4.79 Å². The first-order valence-corrected chi connectivity index (χ1v) is 4.68. The van der Waals surface area contributed by atoms with Crippen LogP contribution >= 0.6 is 15.9 Å². The smallest absolute Gasteiger partial charge is 0.225 e. The summed E-state index contributed by atoms with van der Waals surface area (Å²) in [6.45, 7) is 8.41. The highest BCUT2D eigenvalue weighted by Crippen LogP contribution is 2.12. The molecule has 0 bridgehead atoms. The van der Waals surface area contributed by atoms with Gasteiger partial charge in [-0.25, -0.2) is 0 Å². The summed E-state index contributed by atoms with van der Waals surface area (Å²) in [5, 5.41) is 2.84. The van der Waals surface area contributed by atoms with Crippen LogP contribution in [0.15, 0.2) is 0 Å². The molecule has 0 saturated carbocycles. The third-order valence-electron chi connectivity index (χ3n) is 1.23. The molecule has 3 heteroatoms. The molecule has 0 aliphatic rings. The van der Waals surface area contributed by atoms with Crippen molar-refractivity contribution in [1.82, 2.24) is 5.32 Å². The summed E-state index contributed by atoms with van der Waals surface area (Å²) in [5.74, 6) is 0.101. The average molecular weight is 222 g/mol. The standard InChI is InChI=1S/C8H16BrNO/c1-6(9)5-10-7(11)8(2,3)4/h6H,5H2,1-4H3,(H,10,11). The van der Waals surface area contributed by atoms with E-state index >= 15 is 0 Å². The third kappa shape index (κ3) is 5.24. The van der Waals surface area contributed by atoms with E-state index in [0.717, 1.165) is 0 Å². The number of rotatable bonds is 2. The van der Waals surface area contributed by atoms with Gasteiger partial charge in [-0.15, -0.1) is 0 Å². The van der Waals surface area contributed by atoms with Crippen molar-refractivity contribution in [2.24, 2.45) is 5.41 Å². The molecule has 0 saturated heterocycles. The van der Waals surface area contributed by atoms with Gasteiger partial charge in [0.1, 0.15) is 0 Å². The van der Waals surface area contributed by atoms with E-state index in [1.165, 1.54) is 0 Å². The number of hydrogen-bond acceptors (Lipinski definition) is 1. The highest BCUT2D eigenvalue weighted by atomic mass is 79.9. The highest BCUT2D eigenvalue weighted by Gasteiger charge is 2.20. The van der Waals surface area contributed by atoms with E-state index < -0.39 is 0 Å². The normalized spacial score (nSPS) is 14.3. The monoisotopic (exact) mass is 221 g/mol. The molecule has 2 nitrogen and oxygen atoms in total. The van der Waals surface area contributed by atoms with Crippen molar-refractivity contribution in [2.75, 3.05) is 6.54 Å². The van der Waals surface area contributed by atoms with Gasteiger partial charge in [-0.05, 0) is 0 Å². The minimum Gasteiger partial charge on any atom is -0.355 e. The fourth-order valence-corrected chi connectivity index (χ4v) is 0.660. The van der Waals surface area contributed by atoms with Crippen molar-refractivity contribution < 1.29 is 4.79 Å². The minimum atomic E-state index is -0.276. The Labute approximate surface area is 76.9 Å². The summed E-state index contributed by atoms with van der Waals surface area (Å²) in [7, 11) is 0. The van der Waals surface area contributed by atoms with Crippen LogP contribution in [0.5, 0.6) is 0 Å². The second-order valence-corrected chi connectivity index (χ2v) is 5.30. The zero-order valence-electron chi connectivity index (χ0n) is 7.57. The first-order valence-electron chi connectivity index (χ1n) is 3.76. The van der Waals surface area contributed by atoms with Gasteiger partial charge in [0.05, 0.1) is 0 Å². The van der Waals surface area contributed by atoms with Crippen LogP contribution in [0.1, 0.15) is 27.7 Å². The van der Waals surface area contributed by atoms with Crippen molar-refractivity contribution in [3.05, 3.63) is 0 Å². The maximum absolute atomic E-state index is 11.2. The molecule has 0 radical (unpaired) electrons. The van der Waals surface area contributed by atoms with Crippen LogP contribution in [0.25, 0.3) is 0 Å². The number of amides is 1. The SMILES string of the molecule is CC(Br)CNC(=O)C(C)(C)C. The second-order valence-electron chi connectivity index (χ2n) is 3.74. The Bertz CT molecular complexity index is 138. The summed E-state index contributed by atoms with van der Waals surface area (Å²) < 4.78 is 0. The first kappa shape index (κ1) is 11.0. The lowest BCUT2D eigenvalue weighted by atomic mass is 9.96. The van der Waals surface area contributed by atoms with Crippen LogP contribution in [0.3, 0.4) is 0 Å². The largest absolute Gasteiger partial charge is 0.355 e. The minimum absolute atomic E-state index is 0.101. The lowest BCUT2D eigenvalue weighted by Gasteiger charge is -2.18. The van der Waals surface area contributed by atoms with E-state index in [4.69, 9.17) is 0 Å². The number of nitrogens with one attached hydrogen (secondary N) is 1. The van der Waals surface area contributed by atoms with Crippen molar-refractivity contribution in [2.45, 2.75) is 32.5 Å². The molecule has 66 valence electrons. The predicted octanol–water partition coefficient (Wildman–Crippen LogP) is 1.93. The summed E-state index contributed by atoms with van der Waals surface area (Å²) in [5.41, 5.74) is -0.276.